The summed E-state index contributed by atoms with van der Waals surface area (Å²) in [4.78, 5) is 39.9. The standard InChI is InChI=1S/C18H19NO8/c1-19-11-9-7-6-8-10(11)17(16(19)22)12(14(20)23-2)13(15(21)24-3)18(25-4,26-5)27-17/h6-9H,1-5H3. The Labute approximate surface area is 155 Å². The highest BCUT2D eigenvalue weighted by molar-refractivity contribution is 6.17. The second-order valence-corrected chi connectivity index (χ2v) is 5.86. The minimum atomic E-state index is -2.13. The monoisotopic (exact) mass is 377 g/mol. The van der Waals surface area contributed by atoms with Crippen molar-refractivity contribution in [3.8, 4) is 0 Å². The summed E-state index contributed by atoms with van der Waals surface area (Å²) in [6.45, 7) is 0. The maximum atomic E-state index is 13.3. The predicted molar refractivity (Wildman–Crippen MR) is 90.4 cm³/mol. The molecule has 0 N–H and O–H groups in total. The summed E-state index contributed by atoms with van der Waals surface area (Å²) in [5, 5.41) is 0. The average Bonchev–Trinajstić information content (AvgIpc) is 3.13. The van der Waals surface area contributed by atoms with Gasteiger partial charge in [-0.3, -0.25) is 9.53 Å². The van der Waals surface area contributed by atoms with Gasteiger partial charge in [0.25, 0.3) is 5.91 Å². The molecule has 2 heterocycles. The molecule has 0 saturated heterocycles. The highest BCUT2D eigenvalue weighted by atomic mass is 16.9. The van der Waals surface area contributed by atoms with E-state index in [1.54, 1.807) is 24.3 Å². The molecule has 2 aliphatic rings. The van der Waals surface area contributed by atoms with Gasteiger partial charge < -0.3 is 23.8 Å². The highest BCUT2D eigenvalue weighted by Crippen LogP contribution is 2.56. The molecule has 1 amide bonds. The summed E-state index contributed by atoms with van der Waals surface area (Å²) in [6, 6.07) is 6.73. The van der Waals surface area contributed by atoms with Gasteiger partial charge in [-0.15, -0.1) is 0 Å². The molecule has 9 heteroatoms. The third kappa shape index (κ3) is 2.25. The van der Waals surface area contributed by atoms with E-state index in [4.69, 9.17) is 23.7 Å². The smallest absolute Gasteiger partial charge is 0.342 e. The lowest BCUT2D eigenvalue weighted by atomic mass is 9.85. The number of ether oxygens (including phenoxy) is 5. The maximum absolute atomic E-state index is 13.3. The van der Waals surface area contributed by atoms with Crippen LogP contribution in [0.5, 0.6) is 0 Å². The molecular weight excluding hydrogens is 358 g/mol. The van der Waals surface area contributed by atoms with Crippen LogP contribution in [0, 0.1) is 0 Å². The van der Waals surface area contributed by atoms with Crippen LogP contribution >= 0.6 is 0 Å². The van der Waals surface area contributed by atoms with Crippen LogP contribution in [0.2, 0.25) is 0 Å². The number of hydrogen-bond acceptors (Lipinski definition) is 8. The number of rotatable bonds is 4. The maximum Gasteiger partial charge on any atom is 0.342 e. The third-order valence-electron chi connectivity index (χ3n) is 4.76. The van der Waals surface area contributed by atoms with E-state index in [1.807, 2.05) is 0 Å². The number of para-hydroxylation sites is 1. The Morgan fingerprint density at radius 2 is 1.52 bits per heavy atom. The highest BCUT2D eigenvalue weighted by Gasteiger charge is 2.69. The Bertz CT molecular complexity index is 857. The number of likely N-dealkylation sites (N-methyl/N-ethyl adjacent to an activating group) is 1. The molecule has 1 aromatic carbocycles. The Kier molecular flexibility index (Phi) is 4.54. The van der Waals surface area contributed by atoms with Gasteiger partial charge in [-0.25, -0.2) is 9.59 Å². The van der Waals surface area contributed by atoms with Crippen molar-refractivity contribution >= 4 is 23.5 Å². The predicted octanol–water partition coefficient (Wildman–Crippen LogP) is 0.478. The molecule has 1 spiro atoms. The van der Waals surface area contributed by atoms with Gasteiger partial charge >= 0.3 is 17.9 Å². The molecule has 27 heavy (non-hydrogen) atoms. The summed E-state index contributed by atoms with van der Waals surface area (Å²) in [6.07, 6.45) is 0. The first-order chi connectivity index (χ1) is 12.8. The van der Waals surface area contributed by atoms with E-state index in [0.717, 1.165) is 14.2 Å². The van der Waals surface area contributed by atoms with E-state index in [0.29, 0.717) is 11.3 Å². The van der Waals surface area contributed by atoms with Crippen molar-refractivity contribution in [2.45, 2.75) is 11.6 Å². The van der Waals surface area contributed by atoms with E-state index in [2.05, 4.69) is 0 Å². The molecule has 0 saturated carbocycles. The van der Waals surface area contributed by atoms with Gasteiger partial charge in [-0.05, 0) is 6.07 Å². The molecule has 1 atom stereocenters. The molecule has 0 bridgehead atoms. The van der Waals surface area contributed by atoms with Crippen LogP contribution in [0.4, 0.5) is 5.69 Å². The number of nitrogens with zero attached hydrogens (tertiary/aromatic N) is 1. The van der Waals surface area contributed by atoms with Crippen LogP contribution in [-0.4, -0.2) is 59.3 Å². The van der Waals surface area contributed by atoms with Crippen molar-refractivity contribution in [2.24, 2.45) is 0 Å². The second-order valence-electron chi connectivity index (χ2n) is 5.86. The molecule has 0 fully saturated rings. The van der Waals surface area contributed by atoms with Crippen LogP contribution in [0.25, 0.3) is 0 Å². The number of hydrogen-bond donors (Lipinski definition) is 0. The Morgan fingerprint density at radius 3 is 2.07 bits per heavy atom. The summed E-state index contributed by atoms with van der Waals surface area (Å²) >= 11 is 0. The van der Waals surface area contributed by atoms with Crippen molar-refractivity contribution in [1.82, 2.24) is 0 Å². The fraction of sp³-hybridized carbons (Fsp3) is 0.389. The van der Waals surface area contributed by atoms with Crippen LogP contribution in [0.15, 0.2) is 35.4 Å². The van der Waals surface area contributed by atoms with Crippen molar-refractivity contribution in [1.29, 1.82) is 0 Å². The van der Waals surface area contributed by atoms with Crippen LogP contribution in [-0.2, 0) is 43.7 Å². The first-order valence-electron chi connectivity index (χ1n) is 7.94. The zero-order valence-corrected chi connectivity index (χ0v) is 15.5. The lowest BCUT2D eigenvalue weighted by Gasteiger charge is -2.31. The summed E-state index contributed by atoms with van der Waals surface area (Å²) in [5.74, 6) is -4.62. The van der Waals surface area contributed by atoms with Gasteiger partial charge in [0.15, 0.2) is 0 Å². The normalized spacial score (nSPS) is 23.0. The van der Waals surface area contributed by atoms with Gasteiger partial charge in [0.1, 0.15) is 11.1 Å². The quantitative estimate of drug-likeness (QED) is 0.552. The number of anilines is 1. The molecule has 2 aliphatic heterocycles. The summed E-state index contributed by atoms with van der Waals surface area (Å²) in [5.41, 5.74) is -1.84. The summed E-state index contributed by atoms with van der Waals surface area (Å²) in [7, 11) is 6.23. The van der Waals surface area contributed by atoms with E-state index >= 15 is 0 Å². The molecule has 0 aliphatic carbocycles. The number of carbonyl (C=O) groups is 3. The molecule has 0 aromatic heterocycles. The largest absolute Gasteiger partial charge is 0.466 e. The number of amides is 1. The van der Waals surface area contributed by atoms with Crippen molar-refractivity contribution in [3.63, 3.8) is 0 Å². The zero-order valence-electron chi connectivity index (χ0n) is 15.5. The SMILES string of the molecule is COC(=O)C1=C(C(=O)OC)C2(OC1(OC)OC)C(=O)N(C)c1ccccc12. The van der Waals surface area contributed by atoms with E-state index in [9.17, 15) is 14.4 Å². The first kappa shape index (κ1) is 19.0. The Morgan fingerprint density at radius 1 is 0.963 bits per heavy atom. The lowest BCUT2D eigenvalue weighted by Crippen LogP contribution is -2.47. The Hall–Kier alpha value is -2.75. The Balaban J connectivity index is 2.44. The van der Waals surface area contributed by atoms with Gasteiger partial charge in [0.05, 0.1) is 19.9 Å². The van der Waals surface area contributed by atoms with E-state index < -0.39 is 29.4 Å². The third-order valence-corrected chi connectivity index (χ3v) is 4.76. The van der Waals surface area contributed by atoms with E-state index in [1.165, 1.54) is 26.2 Å². The van der Waals surface area contributed by atoms with Crippen molar-refractivity contribution < 1.29 is 38.1 Å². The first-order valence-corrected chi connectivity index (χ1v) is 7.94. The molecule has 1 unspecified atom stereocenters. The zero-order chi connectivity index (χ0) is 20.0. The molecule has 144 valence electrons. The number of benzene rings is 1. The van der Waals surface area contributed by atoms with Crippen LogP contribution < -0.4 is 4.90 Å². The van der Waals surface area contributed by atoms with Crippen LogP contribution in [0.3, 0.4) is 0 Å². The minimum Gasteiger partial charge on any atom is -0.466 e. The van der Waals surface area contributed by atoms with Crippen molar-refractivity contribution in [3.05, 3.63) is 41.0 Å². The second kappa shape index (κ2) is 6.45. The molecular formula is C18H19NO8. The molecule has 3 rings (SSSR count). The van der Waals surface area contributed by atoms with Crippen LogP contribution in [0.1, 0.15) is 5.56 Å². The van der Waals surface area contributed by atoms with Gasteiger partial charge in [-0.2, -0.15) is 0 Å². The number of methoxy groups -OCH3 is 4. The molecule has 9 nitrogen and oxygen atoms in total. The fourth-order valence-electron chi connectivity index (χ4n) is 3.55. The molecule has 1 aromatic rings. The van der Waals surface area contributed by atoms with Gasteiger partial charge in [0, 0.05) is 26.8 Å². The van der Waals surface area contributed by atoms with Gasteiger partial charge in [0.2, 0.25) is 5.60 Å². The average molecular weight is 377 g/mol. The lowest BCUT2D eigenvalue weighted by molar-refractivity contribution is -0.349. The van der Waals surface area contributed by atoms with Crippen molar-refractivity contribution in [2.75, 3.05) is 40.4 Å². The van der Waals surface area contributed by atoms with E-state index in [-0.39, 0.29) is 11.1 Å². The minimum absolute atomic E-state index is 0.345. The number of fused-ring (bicyclic) bond motifs is 2. The topological polar surface area (TPSA) is 101 Å². The summed E-state index contributed by atoms with van der Waals surface area (Å²) < 4.78 is 26.3. The molecule has 0 radical (unpaired) electrons. The number of esters is 2. The van der Waals surface area contributed by atoms with Gasteiger partial charge in [-0.1, -0.05) is 18.2 Å². The fourth-order valence-corrected chi connectivity index (χ4v) is 3.55. The number of carbonyl (C=O) groups excluding carboxylic acids is 3.